The van der Waals surface area contributed by atoms with Crippen molar-refractivity contribution >= 4 is 17.7 Å². The van der Waals surface area contributed by atoms with E-state index in [4.69, 9.17) is 5.11 Å². The van der Waals surface area contributed by atoms with Crippen LogP contribution >= 0.6 is 0 Å². The summed E-state index contributed by atoms with van der Waals surface area (Å²) >= 11 is 0. The third-order valence-corrected chi connectivity index (χ3v) is 3.93. The highest BCUT2D eigenvalue weighted by Crippen LogP contribution is 2.26. The van der Waals surface area contributed by atoms with Crippen LogP contribution in [0.1, 0.15) is 58.8 Å². The topological polar surface area (TPSA) is 99.3 Å². The molecule has 0 saturated heterocycles. The standard InChI is InChI=1S/C15H20N2O4/c1-8-11-9(5-4-6-10(11)18)17-12(8)13(19)16-7-15(2,3)14(20)21/h17H,4-7H2,1-3H3,(H,16,19)(H,20,21). The van der Waals surface area contributed by atoms with E-state index < -0.39 is 11.4 Å². The third kappa shape index (κ3) is 2.84. The number of Topliss-reactive ketones (excluding diaryl/α,β-unsaturated/α-hetero) is 1. The number of carbonyl (C=O) groups excluding carboxylic acids is 2. The average molecular weight is 292 g/mol. The molecule has 114 valence electrons. The highest BCUT2D eigenvalue weighted by molar-refractivity contribution is 6.04. The van der Waals surface area contributed by atoms with E-state index in [0.717, 1.165) is 18.5 Å². The Balaban J connectivity index is 2.18. The number of aliphatic carboxylic acids is 1. The lowest BCUT2D eigenvalue weighted by atomic mass is 9.93. The lowest BCUT2D eigenvalue weighted by Crippen LogP contribution is -2.39. The molecule has 1 amide bonds. The molecule has 0 spiro atoms. The Morgan fingerprint density at radius 2 is 2.00 bits per heavy atom. The molecule has 0 atom stereocenters. The Bertz CT molecular complexity index is 613. The summed E-state index contributed by atoms with van der Waals surface area (Å²) in [5, 5.41) is 11.7. The van der Waals surface area contributed by atoms with Crippen molar-refractivity contribution in [1.82, 2.24) is 10.3 Å². The van der Waals surface area contributed by atoms with Crippen molar-refractivity contribution in [3.8, 4) is 0 Å². The van der Waals surface area contributed by atoms with Crippen molar-refractivity contribution in [3.63, 3.8) is 0 Å². The van der Waals surface area contributed by atoms with Crippen molar-refractivity contribution in [2.75, 3.05) is 6.54 Å². The van der Waals surface area contributed by atoms with Crippen LogP contribution < -0.4 is 5.32 Å². The summed E-state index contributed by atoms with van der Waals surface area (Å²) < 4.78 is 0. The van der Waals surface area contributed by atoms with Crippen LogP contribution in [0.4, 0.5) is 0 Å². The summed E-state index contributed by atoms with van der Waals surface area (Å²) in [6, 6.07) is 0. The fourth-order valence-corrected chi connectivity index (χ4v) is 2.47. The van der Waals surface area contributed by atoms with Gasteiger partial charge >= 0.3 is 5.97 Å². The third-order valence-electron chi connectivity index (χ3n) is 3.93. The Hall–Kier alpha value is -2.11. The predicted molar refractivity (Wildman–Crippen MR) is 76.5 cm³/mol. The maximum Gasteiger partial charge on any atom is 0.310 e. The van der Waals surface area contributed by atoms with Gasteiger partial charge in [-0.2, -0.15) is 0 Å². The minimum absolute atomic E-state index is 0.0260. The predicted octanol–water partition coefficient (Wildman–Crippen LogP) is 1.68. The first-order valence-electron chi connectivity index (χ1n) is 7.00. The molecule has 2 rings (SSSR count). The molecule has 1 aliphatic carbocycles. The molecule has 0 unspecified atom stereocenters. The molecule has 0 aromatic carbocycles. The molecule has 0 radical (unpaired) electrons. The van der Waals surface area contributed by atoms with Crippen LogP contribution in [-0.4, -0.2) is 34.3 Å². The first-order valence-corrected chi connectivity index (χ1v) is 7.00. The van der Waals surface area contributed by atoms with Gasteiger partial charge < -0.3 is 15.4 Å². The summed E-state index contributed by atoms with van der Waals surface area (Å²) in [5.41, 5.74) is 1.41. The van der Waals surface area contributed by atoms with Crippen molar-refractivity contribution < 1.29 is 19.5 Å². The molecular weight excluding hydrogens is 272 g/mol. The fourth-order valence-electron chi connectivity index (χ4n) is 2.47. The lowest BCUT2D eigenvalue weighted by molar-refractivity contribution is -0.146. The van der Waals surface area contributed by atoms with Gasteiger partial charge in [0.25, 0.3) is 5.91 Å². The largest absolute Gasteiger partial charge is 0.481 e. The van der Waals surface area contributed by atoms with E-state index in [1.54, 1.807) is 20.8 Å². The number of fused-ring (bicyclic) bond motifs is 1. The van der Waals surface area contributed by atoms with Crippen LogP contribution in [0, 0.1) is 12.3 Å². The highest BCUT2D eigenvalue weighted by Gasteiger charge is 2.30. The second-order valence-electron chi connectivity index (χ2n) is 6.13. The van der Waals surface area contributed by atoms with Crippen LogP contribution in [0.3, 0.4) is 0 Å². The molecule has 1 aromatic rings. The van der Waals surface area contributed by atoms with Crippen molar-refractivity contribution in [3.05, 3.63) is 22.5 Å². The summed E-state index contributed by atoms with van der Waals surface area (Å²) in [5.74, 6) is -1.28. The van der Waals surface area contributed by atoms with Gasteiger partial charge in [-0.25, -0.2) is 0 Å². The molecule has 0 bridgehead atoms. The zero-order valence-corrected chi connectivity index (χ0v) is 12.5. The number of aromatic nitrogens is 1. The molecule has 0 aliphatic heterocycles. The monoisotopic (exact) mass is 292 g/mol. The van der Waals surface area contributed by atoms with E-state index in [-0.39, 0.29) is 18.2 Å². The first kappa shape index (κ1) is 15.3. The molecular formula is C15H20N2O4. The number of amides is 1. The van der Waals surface area contributed by atoms with Gasteiger partial charge in [0.2, 0.25) is 0 Å². The Morgan fingerprint density at radius 3 is 2.57 bits per heavy atom. The summed E-state index contributed by atoms with van der Waals surface area (Å²) in [6.07, 6.45) is 2.06. The molecule has 1 aliphatic rings. The van der Waals surface area contributed by atoms with Gasteiger partial charge in [-0.1, -0.05) is 0 Å². The molecule has 6 nitrogen and oxygen atoms in total. The van der Waals surface area contributed by atoms with Crippen LogP contribution in [0.2, 0.25) is 0 Å². The number of ketones is 1. The number of H-pyrrole nitrogens is 1. The van der Waals surface area contributed by atoms with Gasteiger partial charge in [-0.05, 0) is 39.2 Å². The van der Waals surface area contributed by atoms with E-state index >= 15 is 0 Å². The number of aromatic amines is 1. The number of carboxylic acids is 1. The minimum atomic E-state index is -1.04. The van der Waals surface area contributed by atoms with Gasteiger partial charge in [0.1, 0.15) is 5.69 Å². The zero-order valence-electron chi connectivity index (χ0n) is 12.5. The quantitative estimate of drug-likeness (QED) is 0.786. The highest BCUT2D eigenvalue weighted by atomic mass is 16.4. The van der Waals surface area contributed by atoms with Gasteiger partial charge in [-0.15, -0.1) is 0 Å². The summed E-state index contributed by atoms with van der Waals surface area (Å²) in [4.78, 5) is 38.2. The minimum Gasteiger partial charge on any atom is -0.481 e. The smallest absolute Gasteiger partial charge is 0.310 e. The zero-order chi connectivity index (χ0) is 15.8. The number of hydrogen-bond acceptors (Lipinski definition) is 3. The Kier molecular flexibility index (Phi) is 3.89. The molecule has 6 heteroatoms. The number of rotatable bonds is 4. The van der Waals surface area contributed by atoms with Gasteiger partial charge in [0, 0.05) is 24.2 Å². The van der Waals surface area contributed by atoms with Crippen LogP contribution in [-0.2, 0) is 11.2 Å². The van der Waals surface area contributed by atoms with E-state index in [2.05, 4.69) is 10.3 Å². The SMILES string of the molecule is Cc1c(C(=O)NCC(C)(C)C(=O)O)[nH]c2c1C(=O)CCC2. The van der Waals surface area contributed by atoms with Crippen LogP contribution in [0.15, 0.2) is 0 Å². The molecule has 1 heterocycles. The number of carboxylic acid groups (broad SMARTS) is 1. The van der Waals surface area contributed by atoms with Gasteiger partial charge in [0.15, 0.2) is 5.78 Å². The summed E-state index contributed by atoms with van der Waals surface area (Å²) in [7, 11) is 0. The average Bonchev–Trinajstić information content (AvgIpc) is 2.75. The van der Waals surface area contributed by atoms with Crippen LogP contribution in [0.5, 0.6) is 0 Å². The van der Waals surface area contributed by atoms with E-state index in [1.807, 2.05) is 0 Å². The van der Waals surface area contributed by atoms with E-state index in [9.17, 15) is 14.4 Å². The molecule has 3 N–H and O–H groups in total. The first-order chi connectivity index (χ1) is 9.74. The molecule has 0 fully saturated rings. The van der Waals surface area contributed by atoms with Gasteiger partial charge in [-0.3, -0.25) is 14.4 Å². The van der Waals surface area contributed by atoms with E-state index in [1.165, 1.54) is 0 Å². The Labute approximate surface area is 122 Å². The number of aryl methyl sites for hydroxylation is 1. The Morgan fingerprint density at radius 1 is 1.33 bits per heavy atom. The van der Waals surface area contributed by atoms with Crippen molar-refractivity contribution in [2.45, 2.75) is 40.0 Å². The number of nitrogens with one attached hydrogen (secondary N) is 2. The molecule has 21 heavy (non-hydrogen) atoms. The van der Waals surface area contributed by atoms with Crippen molar-refractivity contribution in [2.24, 2.45) is 5.41 Å². The maximum absolute atomic E-state index is 12.2. The maximum atomic E-state index is 12.2. The second kappa shape index (κ2) is 5.35. The molecule has 0 saturated carbocycles. The van der Waals surface area contributed by atoms with Crippen molar-refractivity contribution in [1.29, 1.82) is 0 Å². The van der Waals surface area contributed by atoms with Crippen LogP contribution in [0.25, 0.3) is 0 Å². The van der Waals surface area contributed by atoms with Gasteiger partial charge in [0.05, 0.1) is 5.41 Å². The van der Waals surface area contributed by atoms with E-state index in [0.29, 0.717) is 23.2 Å². The summed E-state index contributed by atoms with van der Waals surface area (Å²) in [6.45, 7) is 4.87. The normalized spacial score (nSPS) is 14.7. The lowest BCUT2D eigenvalue weighted by Gasteiger charge is -2.19. The number of hydrogen-bond donors (Lipinski definition) is 3. The molecule has 1 aromatic heterocycles. The number of carbonyl (C=O) groups is 3. The second-order valence-corrected chi connectivity index (χ2v) is 6.13. The fraction of sp³-hybridized carbons (Fsp3) is 0.533.